The van der Waals surface area contributed by atoms with E-state index < -0.39 is 10.0 Å². The maximum atomic E-state index is 15.3. The first-order valence-corrected chi connectivity index (χ1v) is 16.5. The molecule has 7 nitrogen and oxygen atoms in total. The van der Waals surface area contributed by atoms with Crippen LogP contribution in [0.1, 0.15) is 9.67 Å². The molecule has 2 saturated heterocycles. The summed E-state index contributed by atoms with van der Waals surface area (Å²) in [5, 5.41) is 2.79. The van der Waals surface area contributed by atoms with Crippen LogP contribution in [-0.2, 0) is 14.8 Å². The third kappa shape index (κ3) is 4.63. The van der Waals surface area contributed by atoms with Crippen LogP contribution in [0, 0.1) is 23.6 Å². The molecule has 208 valence electrons. The summed E-state index contributed by atoms with van der Waals surface area (Å²) in [7, 11) is -3.57. The third-order valence-corrected chi connectivity index (χ3v) is 12.6. The molecule has 11 heteroatoms. The summed E-state index contributed by atoms with van der Waals surface area (Å²) < 4.78 is 50.4. The van der Waals surface area contributed by atoms with Crippen LogP contribution in [0.25, 0.3) is 10.1 Å². The van der Waals surface area contributed by atoms with Gasteiger partial charge < -0.3 is 14.5 Å². The van der Waals surface area contributed by atoms with Crippen molar-refractivity contribution in [2.75, 3.05) is 55.7 Å². The number of ether oxygens (including phenoxy) is 1. The second-order valence-corrected chi connectivity index (χ2v) is 14.7. The van der Waals surface area contributed by atoms with Crippen LogP contribution in [0.15, 0.2) is 70.3 Å². The number of sulfonamides is 1. The Hall–Kier alpha value is -2.83. The monoisotopic (exact) mass is 597 g/mol. The standard InChI is InChI=1S/C29H28FN3O4S3/c30-24-15-20(7-8-25(24)31-9-11-37-12-10-31)33(29(34)27-6-3-13-38-27)18-23-21-16-32(17-22(21)23)40(35,36)28-14-19-4-1-2-5-26(19)39-28/h1-8,13-15,21-23H,9-12,16-18H2. The van der Waals surface area contributed by atoms with E-state index in [1.54, 1.807) is 27.4 Å². The number of rotatable bonds is 7. The lowest BCUT2D eigenvalue weighted by Gasteiger charge is -2.30. The van der Waals surface area contributed by atoms with Crippen molar-refractivity contribution in [3.05, 3.63) is 76.7 Å². The van der Waals surface area contributed by atoms with Gasteiger partial charge in [0.25, 0.3) is 15.9 Å². The average Bonchev–Trinajstić information content (AvgIpc) is 3.50. The Balaban J connectivity index is 1.09. The first kappa shape index (κ1) is 26.1. The zero-order valence-corrected chi connectivity index (χ0v) is 24.1. The molecule has 2 aliphatic heterocycles. The van der Waals surface area contributed by atoms with Crippen LogP contribution < -0.4 is 9.80 Å². The number of morpholine rings is 1. The number of benzene rings is 2. The molecule has 40 heavy (non-hydrogen) atoms. The summed E-state index contributed by atoms with van der Waals surface area (Å²) >= 11 is 2.67. The van der Waals surface area contributed by atoms with Gasteiger partial charge in [-0.05, 0) is 64.9 Å². The summed E-state index contributed by atoms with van der Waals surface area (Å²) in [4.78, 5) is 17.8. The maximum absolute atomic E-state index is 15.3. The highest BCUT2D eigenvalue weighted by atomic mass is 32.2. The van der Waals surface area contributed by atoms with Crippen molar-refractivity contribution in [2.24, 2.45) is 17.8 Å². The summed E-state index contributed by atoms with van der Waals surface area (Å²) in [5.41, 5.74) is 1.04. The van der Waals surface area contributed by atoms with E-state index in [2.05, 4.69) is 0 Å². The van der Waals surface area contributed by atoms with E-state index >= 15 is 4.39 Å². The number of amides is 1. The van der Waals surface area contributed by atoms with Gasteiger partial charge in [-0.1, -0.05) is 24.3 Å². The molecule has 0 N–H and O–H groups in total. The molecule has 4 heterocycles. The van der Waals surface area contributed by atoms with Gasteiger partial charge in [0, 0.05) is 43.1 Å². The lowest BCUT2D eigenvalue weighted by Crippen LogP contribution is -2.37. The van der Waals surface area contributed by atoms with Gasteiger partial charge in [-0.25, -0.2) is 12.8 Å². The fraction of sp³-hybridized carbons (Fsp3) is 0.345. The van der Waals surface area contributed by atoms with Crippen LogP contribution in [0.5, 0.6) is 0 Å². The summed E-state index contributed by atoms with van der Waals surface area (Å²) in [5.74, 6) is 0.00786. The zero-order chi connectivity index (χ0) is 27.4. The summed E-state index contributed by atoms with van der Waals surface area (Å²) in [6.45, 7) is 3.68. The highest BCUT2D eigenvalue weighted by Gasteiger charge is 2.58. The molecule has 1 saturated carbocycles. The summed E-state index contributed by atoms with van der Waals surface area (Å²) in [6.07, 6.45) is 0. The van der Waals surface area contributed by atoms with E-state index in [1.165, 1.54) is 28.7 Å². The fourth-order valence-electron chi connectivity index (χ4n) is 6.06. The average molecular weight is 598 g/mol. The molecule has 2 unspecified atom stereocenters. The van der Waals surface area contributed by atoms with Crippen molar-refractivity contribution in [2.45, 2.75) is 4.21 Å². The van der Waals surface area contributed by atoms with Gasteiger partial charge in [-0.15, -0.1) is 22.7 Å². The molecular weight excluding hydrogens is 570 g/mol. The Labute approximate surface area is 240 Å². The molecule has 3 fully saturated rings. The van der Waals surface area contributed by atoms with Crippen LogP contribution in [0.4, 0.5) is 15.8 Å². The van der Waals surface area contributed by atoms with Gasteiger partial charge in [0.05, 0.1) is 23.8 Å². The molecule has 4 aromatic rings. The molecular formula is C29H28FN3O4S3. The molecule has 0 radical (unpaired) electrons. The number of fused-ring (bicyclic) bond motifs is 2. The van der Waals surface area contributed by atoms with Crippen molar-refractivity contribution in [3.8, 4) is 0 Å². The second-order valence-electron chi connectivity index (χ2n) is 10.5. The number of carbonyl (C=O) groups is 1. The second kappa shape index (κ2) is 10.2. The minimum absolute atomic E-state index is 0.159. The zero-order valence-electron chi connectivity index (χ0n) is 21.6. The number of nitrogens with zero attached hydrogens (tertiary/aromatic N) is 3. The van der Waals surface area contributed by atoms with Gasteiger partial charge >= 0.3 is 0 Å². The Morgan fingerprint density at radius 2 is 1.80 bits per heavy atom. The van der Waals surface area contributed by atoms with Crippen molar-refractivity contribution < 1.29 is 22.3 Å². The minimum Gasteiger partial charge on any atom is -0.378 e. The van der Waals surface area contributed by atoms with E-state index in [9.17, 15) is 13.2 Å². The molecule has 3 aliphatic rings. The molecule has 0 bridgehead atoms. The first-order valence-electron chi connectivity index (χ1n) is 13.4. The molecule has 1 aliphatic carbocycles. The quantitative estimate of drug-likeness (QED) is 0.295. The largest absolute Gasteiger partial charge is 0.378 e. The van der Waals surface area contributed by atoms with E-state index in [-0.39, 0.29) is 29.5 Å². The van der Waals surface area contributed by atoms with Gasteiger partial charge in [-0.3, -0.25) is 4.79 Å². The lowest BCUT2D eigenvalue weighted by atomic mass is 10.2. The Morgan fingerprint density at radius 1 is 1.02 bits per heavy atom. The fourth-order valence-corrected chi connectivity index (χ4v) is 9.80. The van der Waals surface area contributed by atoms with Crippen molar-refractivity contribution in [3.63, 3.8) is 0 Å². The normalized spacial score (nSPS) is 22.9. The Bertz CT molecular complexity index is 1620. The number of piperidine rings is 1. The highest BCUT2D eigenvalue weighted by molar-refractivity contribution is 7.91. The van der Waals surface area contributed by atoms with E-state index in [4.69, 9.17) is 4.74 Å². The van der Waals surface area contributed by atoms with Gasteiger partial charge in [0.15, 0.2) is 0 Å². The van der Waals surface area contributed by atoms with Crippen molar-refractivity contribution in [1.29, 1.82) is 0 Å². The Kier molecular flexibility index (Phi) is 6.67. The predicted octanol–water partition coefficient (Wildman–Crippen LogP) is 5.15. The molecule has 2 aromatic heterocycles. The topological polar surface area (TPSA) is 70.2 Å². The van der Waals surface area contributed by atoms with Crippen LogP contribution in [0.3, 0.4) is 0 Å². The highest BCUT2D eigenvalue weighted by Crippen LogP contribution is 2.54. The van der Waals surface area contributed by atoms with Gasteiger partial charge in [0.2, 0.25) is 0 Å². The van der Waals surface area contributed by atoms with Crippen LogP contribution >= 0.6 is 22.7 Å². The molecule has 1 amide bonds. The van der Waals surface area contributed by atoms with Gasteiger partial charge in [0.1, 0.15) is 10.0 Å². The van der Waals surface area contributed by atoms with Crippen LogP contribution in [-0.4, -0.2) is 64.6 Å². The predicted molar refractivity (Wildman–Crippen MR) is 156 cm³/mol. The van der Waals surface area contributed by atoms with Crippen molar-refractivity contribution >= 4 is 60.1 Å². The Morgan fingerprint density at radius 3 is 2.50 bits per heavy atom. The molecule has 2 atom stereocenters. The van der Waals surface area contributed by atoms with E-state index in [0.29, 0.717) is 66.4 Å². The molecule has 7 rings (SSSR count). The van der Waals surface area contributed by atoms with Crippen LogP contribution in [0.2, 0.25) is 0 Å². The first-order chi connectivity index (χ1) is 19.4. The number of halogens is 1. The smallest absolute Gasteiger partial charge is 0.268 e. The lowest BCUT2D eigenvalue weighted by molar-refractivity contribution is 0.0988. The number of hydrogen-bond donors (Lipinski definition) is 0. The van der Waals surface area contributed by atoms with E-state index in [1.807, 2.05) is 46.7 Å². The summed E-state index contributed by atoms with van der Waals surface area (Å²) in [6, 6.07) is 18.1. The third-order valence-electron chi connectivity index (χ3n) is 8.30. The van der Waals surface area contributed by atoms with E-state index in [0.717, 1.165) is 10.1 Å². The SMILES string of the molecule is O=C(c1cccs1)N(CC1C2CN(S(=O)(=O)c3cc4ccccc4s3)CC12)c1ccc(N2CCOCC2)c(F)c1. The maximum Gasteiger partial charge on any atom is 0.268 e. The van der Waals surface area contributed by atoms with Crippen molar-refractivity contribution in [1.82, 2.24) is 4.31 Å². The number of thiophene rings is 2. The number of carbonyl (C=O) groups excluding carboxylic acids is 1. The molecule has 0 spiro atoms. The minimum atomic E-state index is -3.57. The number of anilines is 2. The van der Waals surface area contributed by atoms with Gasteiger partial charge in [-0.2, -0.15) is 4.31 Å². The number of hydrogen-bond acceptors (Lipinski definition) is 7. The molecule has 2 aromatic carbocycles.